The number of halogens is 4. The van der Waals surface area contributed by atoms with E-state index in [2.05, 4.69) is 0 Å². The molecule has 2 nitrogen and oxygen atoms in total. The van der Waals surface area contributed by atoms with E-state index in [1.165, 1.54) is 6.92 Å². The molecule has 0 aliphatic carbocycles. The third-order valence-corrected chi connectivity index (χ3v) is 2.28. The lowest BCUT2D eigenvalue weighted by molar-refractivity contribution is -0.140. The maximum atomic E-state index is 13.4. The second kappa shape index (κ2) is 5.20. The van der Waals surface area contributed by atoms with Crippen molar-refractivity contribution in [1.29, 1.82) is 0 Å². The van der Waals surface area contributed by atoms with Gasteiger partial charge >= 0.3 is 12.1 Å². The van der Waals surface area contributed by atoms with Gasteiger partial charge in [0.25, 0.3) is 0 Å². The average molecular weight is 262 g/mol. The fourth-order valence-electron chi connectivity index (χ4n) is 1.55. The van der Waals surface area contributed by atoms with Crippen LogP contribution >= 0.6 is 0 Å². The Morgan fingerprint density at radius 2 is 2.00 bits per heavy atom. The molecule has 0 aliphatic rings. The number of aryl methyl sites for hydroxylation is 1. The van der Waals surface area contributed by atoms with Crippen LogP contribution in [0.25, 0.3) is 6.08 Å². The van der Waals surface area contributed by atoms with Gasteiger partial charge in [0.1, 0.15) is 5.82 Å². The third kappa shape index (κ3) is 3.32. The molecular weight excluding hydrogens is 252 g/mol. The highest BCUT2D eigenvalue weighted by atomic mass is 19.4. The number of hydrogen-bond donors (Lipinski definition) is 1. The molecule has 0 radical (unpaired) electrons. The molecule has 0 heterocycles. The summed E-state index contributed by atoms with van der Waals surface area (Å²) in [7, 11) is 0. The predicted molar refractivity (Wildman–Crippen MR) is 57.4 cm³/mol. The van der Waals surface area contributed by atoms with E-state index < -0.39 is 23.5 Å². The van der Waals surface area contributed by atoms with Gasteiger partial charge in [-0.2, -0.15) is 13.2 Å². The number of carboxylic acid groups (broad SMARTS) is 1. The Labute approximate surface area is 101 Å². The quantitative estimate of drug-likeness (QED) is 0.668. The van der Waals surface area contributed by atoms with Crippen LogP contribution in [0.4, 0.5) is 17.6 Å². The van der Waals surface area contributed by atoms with Crippen LogP contribution in [0.3, 0.4) is 0 Å². The van der Waals surface area contributed by atoms with Crippen molar-refractivity contribution < 1.29 is 27.5 Å². The summed E-state index contributed by atoms with van der Waals surface area (Å²) in [6, 6.07) is 1.80. The molecule has 0 aromatic heterocycles. The lowest BCUT2D eigenvalue weighted by Crippen LogP contribution is -2.12. The van der Waals surface area contributed by atoms with Crippen LogP contribution in [0.15, 0.2) is 18.2 Å². The molecule has 98 valence electrons. The highest BCUT2D eigenvalue weighted by Gasteiger charge is 2.36. The van der Waals surface area contributed by atoms with E-state index in [4.69, 9.17) is 5.11 Å². The van der Waals surface area contributed by atoms with Gasteiger partial charge in [-0.15, -0.1) is 0 Å². The lowest BCUT2D eigenvalue weighted by Gasteiger charge is -2.13. The van der Waals surface area contributed by atoms with Crippen LogP contribution in [0.2, 0.25) is 0 Å². The van der Waals surface area contributed by atoms with Crippen LogP contribution in [0.1, 0.15) is 23.6 Å². The number of carbonyl (C=O) groups is 1. The summed E-state index contributed by atoms with van der Waals surface area (Å²) < 4.78 is 51.2. The van der Waals surface area contributed by atoms with Crippen LogP contribution in [0, 0.1) is 5.82 Å². The van der Waals surface area contributed by atoms with Gasteiger partial charge in [-0.05, 0) is 29.7 Å². The Kier molecular flexibility index (Phi) is 4.11. The molecule has 0 bridgehead atoms. The van der Waals surface area contributed by atoms with E-state index in [0.717, 1.165) is 18.2 Å². The van der Waals surface area contributed by atoms with Crippen molar-refractivity contribution in [2.24, 2.45) is 0 Å². The summed E-state index contributed by atoms with van der Waals surface area (Å²) in [6.07, 6.45) is -2.98. The average Bonchev–Trinajstić information content (AvgIpc) is 2.23. The minimum Gasteiger partial charge on any atom is -0.478 e. The minimum atomic E-state index is -4.76. The maximum Gasteiger partial charge on any atom is 0.419 e. The van der Waals surface area contributed by atoms with Crippen molar-refractivity contribution in [1.82, 2.24) is 0 Å². The Morgan fingerprint density at radius 3 is 2.44 bits per heavy atom. The molecule has 0 saturated heterocycles. The van der Waals surface area contributed by atoms with E-state index >= 15 is 0 Å². The Balaban J connectivity index is 3.32. The first kappa shape index (κ1) is 14.2. The van der Waals surface area contributed by atoms with E-state index in [-0.39, 0.29) is 17.5 Å². The second-order valence-electron chi connectivity index (χ2n) is 3.56. The van der Waals surface area contributed by atoms with Crippen LogP contribution < -0.4 is 0 Å². The maximum absolute atomic E-state index is 13.4. The van der Waals surface area contributed by atoms with Crippen LogP contribution in [-0.4, -0.2) is 11.1 Å². The normalized spacial score (nSPS) is 12.1. The number of alkyl halides is 3. The van der Waals surface area contributed by atoms with E-state index in [1.54, 1.807) is 0 Å². The zero-order valence-electron chi connectivity index (χ0n) is 9.38. The zero-order valence-corrected chi connectivity index (χ0v) is 9.38. The molecule has 6 heteroatoms. The summed E-state index contributed by atoms with van der Waals surface area (Å²) in [5.74, 6) is -2.65. The van der Waals surface area contributed by atoms with Crippen molar-refractivity contribution in [2.75, 3.05) is 0 Å². The first-order valence-electron chi connectivity index (χ1n) is 5.06. The Morgan fingerprint density at radius 1 is 1.39 bits per heavy atom. The second-order valence-corrected chi connectivity index (χ2v) is 3.56. The molecule has 0 saturated carbocycles. The molecule has 1 rings (SSSR count). The summed E-state index contributed by atoms with van der Waals surface area (Å²) in [5, 5.41) is 8.39. The van der Waals surface area contributed by atoms with Gasteiger partial charge in [-0.25, -0.2) is 9.18 Å². The largest absolute Gasteiger partial charge is 0.478 e. The van der Waals surface area contributed by atoms with Crippen LogP contribution in [-0.2, 0) is 17.4 Å². The standard InChI is InChI=1S/C12H10F4O2/c1-2-8-5-7(3-4-10(17)18)6-9(13)11(8)12(14,15)16/h3-6H,2H2,1H3,(H,17,18)/b4-3+. The fourth-order valence-corrected chi connectivity index (χ4v) is 1.55. The van der Waals surface area contributed by atoms with Crippen molar-refractivity contribution in [3.8, 4) is 0 Å². The molecule has 1 aromatic rings. The molecule has 0 spiro atoms. The fraction of sp³-hybridized carbons (Fsp3) is 0.250. The van der Waals surface area contributed by atoms with Gasteiger partial charge in [0, 0.05) is 6.08 Å². The summed E-state index contributed by atoms with van der Waals surface area (Å²) in [4.78, 5) is 10.3. The lowest BCUT2D eigenvalue weighted by atomic mass is 10.0. The monoisotopic (exact) mass is 262 g/mol. The van der Waals surface area contributed by atoms with Gasteiger partial charge in [-0.3, -0.25) is 0 Å². The van der Waals surface area contributed by atoms with Crippen molar-refractivity contribution in [3.63, 3.8) is 0 Å². The smallest absolute Gasteiger partial charge is 0.419 e. The molecular formula is C12H10F4O2. The Bertz CT molecular complexity index is 490. The number of hydrogen-bond acceptors (Lipinski definition) is 1. The molecule has 0 amide bonds. The summed E-state index contributed by atoms with van der Waals surface area (Å²) in [5.41, 5.74) is -1.41. The molecule has 0 atom stereocenters. The first-order chi connectivity index (χ1) is 8.25. The summed E-state index contributed by atoms with van der Waals surface area (Å²) >= 11 is 0. The van der Waals surface area contributed by atoms with Crippen LogP contribution in [0.5, 0.6) is 0 Å². The molecule has 0 fully saturated rings. The summed E-state index contributed by atoms with van der Waals surface area (Å²) in [6.45, 7) is 1.47. The highest BCUT2D eigenvalue weighted by molar-refractivity contribution is 5.85. The van der Waals surface area contributed by atoms with Gasteiger partial charge in [-0.1, -0.05) is 13.0 Å². The van der Waals surface area contributed by atoms with E-state index in [9.17, 15) is 22.4 Å². The molecule has 18 heavy (non-hydrogen) atoms. The zero-order chi connectivity index (χ0) is 13.9. The minimum absolute atomic E-state index is 0.000511. The molecule has 1 aromatic carbocycles. The Hall–Kier alpha value is -1.85. The van der Waals surface area contributed by atoms with Gasteiger partial charge in [0.15, 0.2) is 0 Å². The molecule has 0 aliphatic heterocycles. The number of benzene rings is 1. The number of rotatable bonds is 3. The first-order valence-corrected chi connectivity index (χ1v) is 5.06. The van der Waals surface area contributed by atoms with E-state index in [0.29, 0.717) is 6.07 Å². The highest BCUT2D eigenvalue weighted by Crippen LogP contribution is 2.35. The topological polar surface area (TPSA) is 37.3 Å². The number of aliphatic carboxylic acids is 1. The van der Waals surface area contributed by atoms with E-state index in [1.807, 2.05) is 0 Å². The van der Waals surface area contributed by atoms with Crippen molar-refractivity contribution >= 4 is 12.0 Å². The van der Waals surface area contributed by atoms with Gasteiger partial charge in [0.2, 0.25) is 0 Å². The van der Waals surface area contributed by atoms with Crippen molar-refractivity contribution in [2.45, 2.75) is 19.5 Å². The van der Waals surface area contributed by atoms with Gasteiger partial charge in [0.05, 0.1) is 5.56 Å². The van der Waals surface area contributed by atoms with Gasteiger partial charge < -0.3 is 5.11 Å². The molecule has 1 N–H and O–H groups in total. The number of carboxylic acids is 1. The third-order valence-electron chi connectivity index (χ3n) is 2.28. The predicted octanol–water partition coefficient (Wildman–Crippen LogP) is 3.50. The molecule has 0 unspecified atom stereocenters. The SMILES string of the molecule is CCc1cc(/C=C/C(=O)O)cc(F)c1C(F)(F)F. The van der Waals surface area contributed by atoms with Crippen molar-refractivity contribution in [3.05, 3.63) is 40.7 Å².